The molecule has 12 heteroatoms. The summed E-state index contributed by atoms with van der Waals surface area (Å²) in [6.07, 6.45) is 0.669. The molecule has 1 aliphatic heterocycles. The van der Waals surface area contributed by atoms with Crippen molar-refractivity contribution in [2.75, 3.05) is 16.8 Å². The first-order chi connectivity index (χ1) is 17.6. The van der Waals surface area contributed by atoms with Crippen molar-refractivity contribution >= 4 is 64.0 Å². The van der Waals surface area contributed by atoms with E-state index in [-0.39, 0.29) is 51.3 Å². The zero-order valence-electron chi connectivity index (χ0n) is 19.4. The zero-order chi connectivity index (χ0) is 26.6. The predicted octanol–water partition coefficient (Wildman–Crippen LogP) is 3.67. The number of amides is 3. The van der Waals surface area contributed by atoms with Crippen molar-refractivity contribution in [2.45, 2.75) is 24.1 Å². The lowest BCUT2D eigenvalue weighted by atomic mass is 9.80. The maximum Gasteiger partial charge on any atom is 0.338 e. The molecule has 3 amide bonds. The lowest BCUT2D eigenvalue weighted by molar-refractivity contribution is -0.385. The van der Waals surface area contributed by atoms with E-state index in [2.05, 4.69) is 5.32 Å². The second-order valence-corrected chi connectivity index (χ2v) is 10.5. The SMILES string of the molecule is Cc1ccc(NC(=O)COC(=O)c2ccc(N3C(=O)[C@@H]4[C@H]5C[C@@H]([C@H](Cl)[C@H]5Cl)[C@@H]4C3=O)cc2)cc1[N+](=O)[O-]. The minimum absolute atomic E-state index is 0.114. The maximum absolute atomic E-state index is 13.1. The maximum atomic E-state index is 13.1. The number of imide groups is 1. The summed E-state index contributed by atoms with van der Waals surface area (Å²) < 4.78 is 5.03. The number of rotatable bonds is 6. The first-order valence-electron chi connectivity index (χ1n) is 11.6. The summed E-state index contributed by atoms with van der Waals surface area (Å²) >= 11 is 12.8. The fourth-order valence-corrected chi connectivity index (χ4v) is 6.54. The molecule has 1 saturated heterocycles. The van der Waals surface area contributed by atoms with Gasteiger partial charge in [-0.25, -0.2) is 4.79 Å². The van der Waals surface area contributed by atoms with Gasteiger partial charge in [-0.2, -0.15) is 0 Å². The summed E-state index contributed by atoms with van der Waals surface area (Å²) in [5, 5.41) is 12.8. The number of nitrogens with zero attached hydrogens (tertiary/aromatic N) is 2. The molecule has 5 rings (SSSR count). The number of alkyl halides is 2. The Morgan fingerprint density at radius 2 is 1.65 bits per heavy atom. The highest BCUT2D eigenvalue weighted by molar-refractivity contribution is 6.32. The topological polar surface area (TPSA) is 136 Å². The molecule has 3 fully saturated rings. The van der Waals surface area contributed by atoms with Crippen LogP contribution in [0, 0.1) is 40.7 Å². The van der Waals surface area contributed by atoms with Gasteiger partial charge in [0.2, 0.25) is 11.8 Å². The Hall–Kier alpha value is -3.50. The molecule has 2 aromatic rings. The second-order valence-electron chi connectivity index (χ2n) is 9.45. The van der Waals surface area contributed by atoms with E-state index in [9.17, 15) is 29.3 Å². The van der Waals surface area contributed by atoms with Crippen molar-refractivity contribution in [3.05, 3.63) is 63.7 Å². The van der Waals surface area contributed by atoms with Crippen LogP contribution in [-0.2, 0) is 19.1 Å². The Balaban J connectivity index is 1.20. The molecule has 2 aromatic carbocycles. The Morgan fingerprint density at radius 1 is 1.05 bits per heavy atom. The van der Waals surface area contributed by atoms with Crippen LogP contribution in [0.5, 0.6) is 0 Å². The van der Waals surface area contributed by atoms with Crippen LogP contribution in [0.2, 0.25) is 0 Å². The highest BCUT2D eigenvalue weighted by Crippen LogP contribution is 2.59. The molecule has 1 heterocycles. The number of fused-ring (bicyclic) bond motifs is 5. The molecule has 3 aliphatic rings. The van der Waals surface area contributed by atoms with Crippen LogP contribution in [0.1, 0.15) is 22.3 Å². The lowest BCUT2D eigenvalue weighted by Gasteiger charge is -2.28. The number of hydrogen-bond acceptors (Lipinski definition) is 7. The summed E-state index contributed by atoms with van der Waals surface area (Å²) in [4.78, 5) is 62.4. The molecule has 37 heavy (non-hydrogen) atoms. The van der Waals surface area contributed by atoms with Crippen molar-refractivity contribution in [1.82, 2.24) is 0 Å². The van der Waals surface area contributed by atoms with Crippen molar-refractivity contribution < 1.29 is 28.8 Å². The molecule has 0 unspecified atom stereocenters. The van der Waals surface area contributed by atoms with E-state index in [1.807, 2.05) is 0 Å². The molecule has 1 N–H and O–H groups in total. The Bertz CT molecular complexity index is 1300. The van der Waals surface area contributed by atoms with Crippen LogP contribution >= 0.6 is 23.2 Å². The summed E-state index contributed by atoms with van der Waals surface area (Å²) in [5.74, 6) is -3.30. The van der Waals surface area contributed by atoms with Gasteiger partial charge in [-0.3, -0.25) is 29.4 Å². The van der Waals surface area contributed by atoms with Gasteiger partial charge in [0, 0.05) is 17.3 Å². The van der Waals surface area contributed by atoms with E-state index in [1.54, 1.807) is 6.92 Å². The number of nitro benzene ring substituents is 1. The fourth-order valence-electron chi connectivity index (χ4n) is 5.65. The molecule has 2 saturated carbocycles. The zero-order valence-corrected chi connectivity index (χ0v) is 20.9. The Morgan fingerprint density at radius 3 is 2.22 bits per heavy atom. The number of carbonyl (C=O) groups excluding carboxylic acids is 4. The number of anilines is 2. The normalized spacial score (nSPS) is 27.8. The highest BCUT2D eigenvalue weighted by atomic mass is 35.5. The first-order valence-corrected chi connectivity index (χ1v) is 12.4. The minimum Gasteiger partial charge on any atom is -0.452 e. The van der Waals surface area contributed by atoms with E-state index in [4.69, 9.17) is 27.9 Å². The summed E-state index contributed by atoms with van der Waals surface area (Å²) in [6, 6.07) is 9.95. The van der Waals surface area contributed by atoms with Crippen molar-refractivity contribution in [1.29, 1.82) is 0 Å². The molecule has 0 radical (unpaired) electrons. The lowest BCUT2D eigenvalue weighted by Crippen LogP contribution is -2.37. The fraction of sp³-hybridized carbons (Fsp3) is 0.360. The van der Waals surface area contributed by atoms with Crippen molar-refractivity contribution in [3.8, 4) is 0 Å². The van der Waals surface area contributed by atoms with E-state index >= 15 is 0 Å². The van der Waals surface area contributed by atoms with E-state index < -0.39 is 35.2 Å². The first kappa shape index (κ1) is 25.2. The Kier molecular flexibility index (Phi) is 6.41. The molecule has 0 aromatic heterocycles. The summed E-state index contributed by atoms with van der Waals surface area (Å²) in [6.45, 7) is 0.961. The predicted molar refractivity (Wildman–Crippen MR) is 134 cm³/mol. The molecule has 0 spiro atoms. The van der Waals surface area contributed by atoms with Gasteiger partial charge >= 0.3 is 5.97 Å². The van der Waals surface area contributed by atoms with Gasteiger partial charge in [0.1, 0.15) is 0 Å². The number of ether oxygens (including phenoxy) is 1. The number of hydrogen-bond donors (Lipinski definition) is 1. The average Bonchev–Trinajstić information content (AvgIpc) is 3.48. The third-order valence-electron chi connectivity index (χ3n) is 7.37. The number of esters is 1. The van der Waals surface area contributed by atoms with Crippen LogP contribution in [0.4, 0.5) is 17.1 Å². The molecule has 10 nitrogen and oxygen atoms in total. The highest BCUT2D eigenvalue weighted by Gasteiger charge is 2.66. The number of aryl methyl sites for hydroxylation is 1. The Labute approximate surface area is 221 Å². The molecular weight excluding hydrogens is 525 g/mol. The van der Waals surface area contributed by atoms with Crippen molar-refractivity contribution in [2.24, 2.45) is 23.7 Å². The summed E-state index contributed by atoms with van der Waals surface area (Å²) in [5.41, 5.74) is 0.935. The molecule has 192 valence electrons. The second kappa shape index (κ2) is 9.42. The largest absolute Gasteiger partial charge is 0.452 e. The van der Waals surface area contributed by atoms with Gasteiger partial charge in [0.25, 0.3) is 11.6 Å². The van der Waals surface area contributed by atoms with E-state index in [0.717, 1.165) is 4.90 Å². The van der Waals surface area contributed by atoms with E-state index in [0.29, 0.717) is 17.7 Å². The van der Waals surface area contributed by atoms with Gasteiger partial charge < -0.3 is 10.1 Å². The summed E-state index contributed by atoms with van der Waals surface area (Å²) in [7, 11) is 0. The quantitative estimate of drug-likeness (QED) is 0.192. The van der Waals surface area contributed by atoms with Crippen LogP contribution in [0.3, 0.4) is 0 Å². The number of carbonyl (C=O) groups is 4. The number of benzene rings is 2. The third kappa shape index (κ3) is 4.23. The number of nitro groups is 1. The van der Waals surface area contributed by atoms with Crippen LogP contribution in [-0.4, -0.2) is 46.0 Å². The minimum atomic E-state index is -0.791. The molecule has 2 bridgehead atoms. The van der Waals surface area contributed by atoms with Gasteiger partial charge in [0.15, 0.2) is 6.61 Å². The van der Waals surface area contributed by atoms with Crippen LogP contribution < -0.4 is 10.2 Å². The van der Waals surface area contributed by atoms with Gasteiger partial charge in [0.05, 0.1) is 38.8 Å². The van der Waals surface area contributed by atoms with Gasteiger partial charge in [-0.05, 0) is 55.5 Å². The van der Waals surface area contributed by atoms with Gasteiger partial charge in [-0.15, -0.1) is 23.2 Å². The van der Waals surface area contributed by atoms with Crippen molar-refractivity contribution in [3.63, 3.8) is 0 Å². The number of halogens is 2. The monoisotopic (exact) mass is 545 g/mol. The van der Waals surface area contributed by atoms with Crippen LogP contribution in [0.15, 0.2) is 42.5 Å². The molecule has 2 aliphatic carbocycles. The molecule has 6 atom stereocenters. The average molecular weight is 546 g/mol. The third-order valence-corrected chi connectivity index (χ3v) is 8.69. The molecular formula is C25H21Cl2N3O7. The smallest absolute Gasteiger partial charge is 0.338 e. The van der Waals surface area contributed by atoms with Crippen LogP contribution in [0.25, 0.3) is 0 Å². The number of nitrogens with one attached hydrogen (secondary N) is 1. The standard InChI is InChI=1S/C25H21Cl2N3O7/c1-11-2-5-13(8-17(11)30(35)36)28-18(31)10-37-25(34)12-3-6-14(7-4-12)29-23(32)19-15-9-16(20(19)24(29)33)22(27)21(15)26/h2-8,15-16,19-22H,9-10H2,1H3,(H,28,31)/t15-,16-,19-,20+,21+,22+/m1/s1. The van der Waals surface area contributed by atoms with E-state index in [1.165, 1.54) is 42.5 Å². The van der Waals surface area contributed by atoms with Gasteiger partial charge in [-0.1, -0.05) is 6.07 Å².